The molecule has 0 radical (unpaired) electrons. The van der Waals surface area contributed by atoms with Crippen LogP contribution in [0.5, 0.6) is 0 Å². The van der Waals surface area contributed by atoms with Gasteiger partial charge in [-0.3, -0.25) is 4.79 Å². The number of anilines is 3. The predicted molar refractivity (Wildman–Crippen MR) is 103 cm³/mol. The van der Waals surface area contributed by atoms with E-state index in [2.05, 4.69) is 21.4 Å². The molecule has 1 aromatic heterocycles. The molecule has 0 fully saturated rings. The van der Waals surface area contributed by atoms with Crippen LogP contribution in [0.4, 0.5) is 17.2 Å². The molecule has 0 unspecified atom stereocenters. The van der Waals surface area contributed by atoms with Gasteiger partial charge in [0.2, 0.25) is 0 Å². The summed E-state index contributed by atoms with van der Waals surface area (Å²) in [5.41, 5.74) is 3.58. The molecular formula is C21H17N5O. The standard InChI is InChI=1S/C21H17N5O/c1-14-23-18(21(27)26-11-10-15-6-3-5-9-19(15)26)12-20(24-14)25-17-8-4-2-7-16(17)13-22/h2-9,12H,10-11H2,1H3,(H,23,24,25). The maximum absolute atomic E-state index is 13.0. The van der Waals surface area contributed by atoms with Crippen LogP contribution in [0.2, 0.25) is 0 Å². The third-order valence-corrected chi connectivity index (χ3v) is 4.50. The zero-order valence-electron chi connectivity index (χ0n) is 14.8. The Morgan fingerprint density at radius 2 is 1.93 bits per heavy atom. The fourth-order valence-electron chi connectivity index (χ4n) is 3.26. The van der Waals surface area contributed by atoms with Gasteiger partial charge in [-0.25, -0.2) is 9.97 Å². The molecule has 2 aromatic carbocycles. The van der Waals surface area contributed by atoms with Crippen molar-refractivity contribution in [2.24, 2.45) is 0 Å². The van der Waals surface area contributed by atoms with Gasteiger partial charge in [-0.15, -0.1) is 0 Å². The Morgan fingerprint density at radius 1 is 1.15 bits per heavy atom. The van der Waals surface area contributed by atoms with Crippen molar-refractivity contribution in [1.82, 2.24) is 9.97 Å². The van der Waals surface area contributed by atoms with E-state index in [1.165, 1.54) is 0 Å². The van der Waals surface area contributed by atoms with Gasteiger partial charge >= 0.3 is 0 Å². The highest BCUT2D eigenvalue weighted by molar-refractivity contribution is 6.06. The average molecular weight is 355 g/mol. The lowest BCUT2D eigenvalue weighted by Gasteiger charge is -2.17. The second-order valence-electron chi connectivity index (χ2n) is 6.30. The first-order valence-corrected chi connectivity index (χ1v) is 8.67. The fraction of sp³-hybridized carbons (Fsp3) is 0.143. The number of hydrogen-bond donors (Lipinski definition) is 1. The number of carbonyl (C=O) groups is 1. The van der Waals surface area contributed by atoms with Gasteiger partial charge in [-0.05, 0) is 37.1 Å². The Balaban J connectivity index is 1.65. The van der Waals surface area contributed by atoms with E-state index in [1.807, 2.05) is 30.3 Å². The molecule has 1 aliphatic rings. The Kier molecular flexibility index (Phi) is 4.27. The van der Waals surface area contributed by atoms with Gasteiger partial charge in [-0.2, -0.15) is 5.26 Å². The van der Waals surface area contributed by atoms with Gasteiger partial charge in [0.1, 0.15) is 23.4 Å². The number of fused-ring (bicyclic) bond motifs is 1. The molecule has 27 heavy (non-hydrogen) atoms. The van der Waals surface area contributed by atoms with Gasteiger partial charge in [0, 0.05) is 18.3 Å². The molecule has 1 N–H and O–H groups in total. The molecule has 1 aliphatic heterocycles. The first kappa shape index (κ1) is 16.7. The zero-order chi connectivity index (χ0) is 18.8. The average Bonchev–Trinajstić information content (AvgIpc) is 3.11. The number of carbonyl (C=O) groups excluding carboxylic acids is 1. The van der Waals surface area contributed by atoms with Crippen LogP contribution in [-0.2, 0) is 6.42 Å². The molecule has 4 rings (SSSR count). The summed E-state index contributed by atoms with van der Waals surface area (Å²) in [7, 11) is 0. The van der Waals surface area contributed by atoms with E-state index in [-0.39, 0.29) is 5.91 Å². The molecule has 6 heteroatoms. The normalized spacial score (nSPS) is 12.4. The van der Waals surface area contributed by atoms with E-state index in [9.17, 15) is 10.1 Å². The molecule has 0 spiro atoms. The van der Waals surface area contributed by atoms with Crippen LogP contribution < -0.4 is 10.2 Å². The van der Waals surface area contributed by atoms with Crippen LogP contribution >= 0.6 is 0 Å². The summed E-state index contributed by atoms with van der Waals surface area (Å²) >= 11 is 0. The minimum Gasteiger partial charge on any atom is -0.339 e. The van der Waals surface area contributed by atoms with Crippen LogP contribution in [0, 0.1) is 18.3 Å². The fourth-order valence-corrected chi connectivity index (χ4v) is 3.26. The van der Waals surface area contributed by atoms with Crippen molar-refractivity contribution in [3.8, 4) is 6.07 Å². The van der Waals surface area contributed by atoms with Gasteiger partial charge in [-0.1, -0.05) is 30.3 Å². The topological polar surface area (TPSA) is 81.9 Å². The summed E-state index contributed by atoms with van der Waals surface area (Å²) in [5.74, 6) is 0.827. The third kappa shape index (κ3) is 3.23. The van der Waals surface area contributed by atoms with Crippen molar-refractivity contribution in [2.45, 2.75) is 13.3 Å². The second kappa shape index (κ2) is 6.89. The number of aromatic nitrogens is 2. The lowest BCUT2D eigenvalue weighted by molar-refractivity contribution is 0.0984. The van der Waals surface area contributed by atoms with Gasteiger partial charge in [0.25, 0.3) is 5.91 Å². The summed E-state index contributed by atoms with van der Waals surface area (Å²) in [6, 6.07) is 18.8. The smallest absolute Gasteiger partial charge is 0.277 e. The molecule has 0 atom stereocenters. The van der Waals surface area contributed by atoms with Crippen molar-refractivity contribution in [3.63, 3.8) is 0 Å². The first-order chi connectivity index (χ1) is 13.2. The van der Waals surface area contributed by atoms with Crippen molar-refractivity contribution >= 4 is 23.1 Å². The predicted octanol–water partition coefficient (Wildman–Crippen LogP) is 3.60. The largest absolute Gasteiger partial charge is 0.339 e. The number of nitriles is 1. The molecule has 1 amide bonds. The maximum atomic E-state index is 13.0. The van der Waals surface area contributed by atoms with E-state index >= 15 is 0 Å². The van der Waals surface area contributed by atoms with Gasteiger partial charge < -0.3 is 10.2 Å². The molecule has 0 bridgehead atoms. The number of hydrogen-bond acceptors (Lipinski definition) is 5. The summed E-state index contributed by atoms with van der Waals surface area (Å²) in [6.45, 7) is 2.39. The minimum atomic E-state index is -0.151. The number of aryl methyl sites for hydroxylation is 1. The van der Waals surface area contributed by atoms with Crippen LogP contribution in [-0.4, -0.2) is 22.4 Å². The Hall–Kier alpha value is -3.72. The molecule has 0 saturated carbocycles. The molecule has 0 aliphatic carbocycles. The molecule has 6 nitrogen and oxygen atoms in total. The summed E-state index contributed by atoms with van der Waals surface area (Å²) < 4.78 is 0. The Bertz CT molecular complexity index is 1070. The highest BCUT2D eigenvalue weighted by Gasteiger charge is 2.26. The summed E-state index contributed by atoms with van der Waals surface area (Å²) in [4.78, 5) is 23.5. The zero-order valence-corrected chi connectivity index (χ0v) is 14.8. The van der Waals surface area contributed by atoms with Crippen LogP contribution in [0.1, 0.15) is 27.4 Å². The number of amides is 1. The summed E-state index contributed by atoms with van der Waals surface area (Å²) in [6.07, 6.45) is 0.840. The van der Waals surface area contributed by atoms with Gasteiger partial charge in [0.15, 0.2) is 0 Å². The number of para-hydroxylation sites is 2. The third-order valence-electron chi connectivity index (χ3n) is 4.50. The minimum absolute atomic E-state index is 0.151. The van der Waals surface area contributed by atoms with E-state index in [1.54, 1.807) is 36.1 Å². The van der Waals surface area contributed by atoms with Crippen molar-refractivity contribution < 1.29 is 4.79 Å². The Labute approximate surface area is 157 Å². The number of nitrogens with zero attached hydrogens (tertiary/aromatic N) is 4. The first-order valence-electron chi connectivity index (χ1n) is 8.67. The molecule has 3 aromatic rings. The van der Waals surface area contributed by atoms with Crippen molar-refractivity contribution in [3.05, 3.63) is 77.2 Å². The molecule has 132 valence electrons. The van der Waals surface area contributed by atoms with Crippen LogP contribution in [0.3, 0.4) is 0 Å². The van der Waals surface area contributed by atoms with Gasteiger partial charge in [0.05, 0.1) is 11.3 Å². The SMILES string of the molecule is Cc1nc(Nc2ccccc2C#N)cc(C(=O)N2CCc3ccccc32)n1. The quantitative estimate of drug-likeness (QED) is 0.776. The number of rotatable bonds is 3. The monoisotopic (exact) mass is 355 g/mol. The number of benzene rings is 2. The highest BCUT2D eigenvalue weighted by atomic mass is 16.2. The van der Waals surface area contributed by atoms with Crippen molar-refractivity contribution in [2.75, 3.05) is 16.8 Å². The van der Waals surface area contributed by atoms with Crippen molar-refractivity contribution in [1.29, 1.82) is 5.26 Å². The second-order valence-corrected chi connectivity index (χ2v) is 6.30. The van der Waals surface area contributed by atoms with Crippen LogP contribution in [0.15, 0.2) is 54.6 Å². The van der Waals surface area contributed by atoms with Crippen LogP contribution in [0.25, 0.3) is 0 Å². The van der Waals surface area contributed by atoms with E-state index in [0.717, 1.165) is 17.7 Å². The molecule has 2 heterocycles. The maximum Gasteiger partial charge on any atom is 0.277 e. The van der Waals surface area contributed by atoms with E-state index in [0.29, 0.717) is 35.1 Å². The van der Waals surface area contributed by atoms with E-state index < -0.39 is 0 Å². The number of nitrogens with one attached hydrogen (secondary N) is 1. The lowest BCUT2D eigenvalue weighted by atomic mass is 10.2. The summed E-state index contributed by atoms with van der Waals surface area (Å²) in [5, 5.41) is 12.4. The molecular weight excluding hydrogens is 338 g/mol. The van der Waals surface area contributed by atoms with E-state index in [4.69, 9.17) is 0 Å². The molecule has 0 saturated heterocycles. The highest BCUT2D eigenvalue weighted by Crippen LogP contribution is 2.29. The lowest BCUT2D eigenvalue weighted by Crippen LogP contribution is -2.30. The Morgan fingerprint density at radius 3 is 2.78 bits per heavy atom.